The highest BCUT2D eigenvalue weighted by molar-refractivity contribution is 5.73. The zero-order valence-electron chi connectivity index (χ0n) is 9.19. The van der Waals surface area contributed by atoms with E-state index in [4.69, 9.17) is 5.73 Å². The van der Waals surface area contributed by atoms with Gasteiger partial charge in [-0.2, -0.15) is 0 Å². The van der Waals surface area contributed by atoms with Gasteiger partial charge in [-0.05, 0) is 31.4 Å². The lowest BCUT2D eigenvalue weighted by Gasteiger charge is -2.14. The Morgan fingerprint density at radius 3 is 3.19 bits per heavy atom. The fraction of sp³-hybridized carbons (Fsp3) is 0.500. The van der Waals surface area contributed by atoms with Gasteiger partial charge >= 0.3 is 0 Å². The van der Waals surface area contributed by atoms with E-state index in [1.165, 1.54) is 19.3 Å². The molecule has 1 aliphatic rings. The smallest absolute Gasteiger partial charge is 0.110 e. The van der Waals surface area contributed by atoms with Gasteiger partial charge < -0.3 is 10.7 Å². The van der Waals surface area contributed by atoms with Crippen LogP contribution in [0.4, 0.5) is 0 Å². The largest absolute Gasteiger partial charge is 0.340 e. The Morgan fingerprint density at radius 1 is 1.44 bits per heavy atom. The maximum absolute atomic E-state index is 5.80. The SMILES string of the molecule is NCC1CCCC1c1nc2ccncc2[nH]1. The van der Waals surface area contributed by atoms with Crippen molar-refractivity contribution >= 4 is 11.0 Å². The lowest BCUT2D eigenvalue weighted by Crippen LogP contribution is -2.17. The molecule has 0 aliphatic heterocycles. The first-order chi connectivity index (χ1) is 7.88. The van der Waals surface area contributed by atoms with Crippen molar-refractivity contribution in [3.63, 3.8) is 0 Å². The summed E-state index contributed by atoms with van der Waals surface area (Å²) in [5.41, 5.74) is 7.84. The van der Waals surface area contributed by atoms with E-state index < -0.39 is 0 Å². The van der Waals surface area contributed by atoms with E-state index in [1.54, 1.807) is 6.20 Å². The van der Waals surface area contributed by atoms with Crippen molar-refractivity contribution in [1.29, 1.82) is 0 Å². The van der Waals surface area contributed by atoms with Crippen LogP contribution in [-0.4, -0.2) is 21.5 Å². The lowest BCUT2D eigenvalue weighted by molar-refractivity contribution is 0.481. The van der Waals surface area contributed by atoms with Crippen molar-refractivity contribution < 1.29 is 0 Å². The molecule has 2 aromatic heterocycles. The first-order valence-electron chi connectivity index (χ1n) is 5.88. The summed E-state index contributed by atoms with van der Waals surface area (Å²) >= 11 is 0. The van der Waals surface area contributed by atoms with E-state index >= 15 is 0 Å². The van der Waals surface area contributed by atoms with Gasteiger partial charge in [0.2, 0.25) is 0 Å². The molecule has 0 aromatic carbocycles. The number of pyridine rings is 1. The predicted molar refractivity (Wildman–Crippen MR) is 63.0 cm³/mol. The van der Waals surface area contributed by atoms with E-state index in [0.717, 1.165) is 23.4 Å². The highest BCUT2D eigenvalue weighted by Gasteiger charge is 2.29. The van der Waals surface area contributed by atoms with Crippen molar-refractivity contribution in [3.8, 4) is 0 Å². The zero-order valence-corrected chi connectivity index (χ0v) is 9.19. The van der Waals surface area contributed by atoms with Gasteiger partial charge in [-0.3, -0.25) is 4.98 Å². The minimum absolute atomic E-state index is 0.511. The second-order valence-electron chi connectivity index (χ2n) is 4.55. The van der Waals surface area contributed by atoms with Gasteiger partial charge in [0.15, 0.2) is 0 Å². The van der Waals surface area contributed by atoms with Crippen LogP contribution in [-0.2, 0) is 0 Å². The molecular formula is C12H16N4. The quantitative estimate of drug-likeness (QED) is 0.804. The predicted octanol–water partition coefficient (Wildman–Crippen LogP) is 1.80. The Hall–Kier alpha value is -1.42. The summed E-state index contributed by atoms with van der Waals surface area (Å²) in [5, 5.41) is 0. The second kappa shape index (κ2) is 3.87. The molecule has 1 fully saturated rings. The summed E-state index contributed by atoms with van der Waals surface area (Å²) in [6.07, 6.45) is 7.31. The highest BCUT2D eigenvalue weighted by Crippen LogP contribution is 2.38. The number of nitrogens with zero attached hydrogens (tertiary/aromatic N) is 2. The van der Waals surface area contributed by atoms with Gasteiger partial charge in [0.05, 0.1) is 17.2 Å². The van der Waals surface area contributed by atoms with Crippen LogP contribution in [0.3, 0.4) is 0 Å². The normalized spacial score (nSPS) is 25.3. The summed E-state index contributed by atoms with van der Waals surface area (Å²) in [6.45, 7) is 0.764. The van der Waals surface area contributed by atoms with Crippen LogP contribution < -0.4 is 5.73 Å². The van der Waals surface area contributed by atoms with Crippen LogP contribution in [0.25, 0.3) is 11.0 Å². The van der Waals surface area contributed by atoms with E-state index in [2.05, 4.69) is 15.0 Å². The van der Waals surface area contributed by atoms with Crippen LogP contribution >= 0.6 is 0 Å². The van der Waals surface area contributed by atoms with Gasteiger partial charge in [0.1, 0.15) is 5.82 Å². The van der Waals surface area contributed by atoms with E-state index in [9.17, 15) is 0 Å². The summed E-state index contributed by atoms with van der Waals surface area (Å²) in [6, 6.07) is 1.95. The number of fused-ring (bicyclic) bond motifs is 1. The number of nitrogens with one attached hydrogen (secondary N) is 1. The van der Waals surface area contributed by atoms with Gasteiger partial charge in [0, 0.05) is 12.1 Å². The summed E-state index contributed by atoms with van der Waals surface area (Å²) < 4.78 is 0. The van der Waals surface area contributed by atoms with Crippen molar-refractivity contribution in [2.75, 3.05) is 6.54 Å². The van der Waals surface area contributed by atoms with Crippen molar-refractivity contribution in [1.82, 2.24) is 15.0 Å². The van der Waals surface area contributed by atoms with Gasteiger partial charge in [-0.1, -0.05) is 6.42 Å². The number of H-pyrrole nitrogens is 1. The van der Waals surface area contributed by atoms with Gasteiger partial charge in [0.25, 0.3) is 0 Å². The Balaban J connectivity index is 1.99. The molecule has 2 aromatic rings. The molecule has 0 spiro atoms. The molecule has 84 valence electrons. The summed E-state index contributed by atoms with van der Waals surface area (Å²) in [7, 11) is 0. The van der Waals surface area contributed by atoms with E-state index in [-0.39, 0.29) is 0 Å². The van der Waals surface area contributed by atoms with Crippen molar-refractivity contribution in [3.05, 3.63) is 24.3 Å². The highest BCUT2D eigenvalue weighted by atomic mass is 14.9. The Kier molecular flexibility index (Phi) is 2.36. The van der Waals surface area contributed by atoms with Gasteiger partial charge in [-0.25, -0.2) is 4.98 Å². The third kappa shape index (κ3) is 1.50. The third-order valence-electron chi connectivity index (χ3n) is 3.61. The molecule has 4 nitrogen and oxygen atoms in total. The molecule has 0 amide bonds. The molecule has 4 heteroatoms. The maximum Gasteiger partial charge on any atom is 0.110 e. The number of hydrogen-bond acceptors (Lipinski definition) is 3. The minimum atomic E-state index is 0.511. The molecule has 2 heterocycles. The third-order valence-corrected chi connectivity index (χ3v) is 3.61. The number of rotatable bonds is 2. The number of imidazole rings is 1. The van der Waals surface area contributed by atoms with Gasteiger partial charge in [-0.15, -0.1) is 0 Å². The molecule has 16 heavy (non-hydrogen) atoms. The molecule has 0 radical (unpaired) electrons. The first-order valence-corrected chi connectivity index (χ1v) is 5.88. The minimum Gasteiger partial charge on any atom is -0.340 e. The van der Waals surface area contributed by atoms with Crippen LogP contribution in [0.15, 0.2) is 18.5 Å². The van der Waals surface area contributed by atoms with Crippen LogP contribution in [0.1, 0.15) is 31.0 Å². The topological polar surface area (TPSA) is 67.6 Å². The maximum atomic E-state index is 5.80. The summed E-state index contributed by atoms with van der Waals surface area (Å²) in [5.74, 6) is 2.20. The lowest BCUT2D eigenvalue weighted by atomic mass is 9.96. The first kappa shape index (κ1) is 9.78. The molecule has 2 atom stereocenters. The number of aromatic amines is 1. The Labute approximate surface area is 94.3 Å². The molecule has 0 bridgehead atoms. The fourth-order valence-corrected chi connectivity index (χ4v) is 2.73. The molecule has 1 aliphatic carbocycles. The van der Waals surface area contributed by atoms with E-state index in [1.807, 2.05) is 12.3 Å². The Morgan fingerprint density at radius 2 is 2.38 bits per heavy atom. The van der Waals surface area contributed by atoms with Crippen molar-refractivity contribution in [2.45, 2.75) is 25.2 Å². The van der Waals surface area contributed by atoms with Crippen molar-refractivity contribution in [2.24, 2.45) is 11.7 Å². The molecule has 2 unspecified atom stereocenters. The number of nitrogens with two attached hydrogens (primary N) is 1. The summed E-state index contributed by atoms with van der Waals surface area (Å²) in [4.78, 5) is 12.1. The molecular weight excluding hydrogens is 200 g/mol. The second-order valence-corrected chi connectivity index (χ2v) is 4.55. The number of aromatic nitrogens is 3. The van der Waals surface area contributed by atoms with Crippen LogP contribution in [0.5, 0.6) is 0 Å². The van der Waals surface area contributed by atoms with Crippen LogP contribution in [0.2, 0.25) is 0 Å². The number of hydrogen-bond donors (Lipinski definition) is 2. The average Bonchev–Trinajstić information content (AvgIpc) is 2.94. The standard InChI is InChI=1S/C12H16N4/c13-6-8-2-1-3-9(8)12-15-10-4-5-14-7-11(10)16-12/h4-5,7-9H,1-3,6,13H2,(H,15,16). The monoisotopic (exact) mass is 216 g/mol. The zero-order chi connectivity index (χ0) is 11.0. The average molecular weight is 216 g/mol. The van der Waals surface area contributed by atoms with E-state index in [0.29, 0.717) is 11.8 Å². The molecule has 3 N–H and O–H groups in total. The fourth-order valence-electron chi connectivity index (χ4n) is 2.73. The molecule has 3 rings (SSSR count). The Bertz CT molecular complexity index is 457. The van der Waals surface area contributed by atoms with Crippen LogP contribution in [0, 0.1) is 5.92 Å². The molecule has 0 saturated heterocycles. The molecule has 1 saturated carbocycles.